The SMILES string of the molecule is Cn1cnnc1CCC1CCCO1. The van der Waals surface area contributed by atoms with E-state index < -0.39 is 0 Å². The average Bonchev–Trinajstić information content (AvgIpc) is 2.72. The minimum Gasteiger partial charge on any atom is -0.378 e. The average molecular weight is 181 g/mol. The first-order valence-electron chi connectivity index (χ1n) is 4.81. The van der Waals surface area contributed by atoms with E-state index in [0.29, 0.717) is 6.10 Å². The van der Waals surface area contributed by atoms with Gasteiger partial charge in [-0.05, 0) is 19.3 Å². The molecule has 1 atom stereocenters. The zero-order valence-corrected chi connectivity index (χ0v) is 7.94. The fraction of sp³-hybridized carbons (Fsp3) is 0.778. The molecule has 13 heavy (non-hydrogen) atoms. The highest BCUT2D eigenvalue weighted by Gasteiger charge is 2.15. The molecule has 4 heteroatoms. The van der Waals surface area contributed by atoms with Crippen LogP contribution in [0.15, 0.2) is 6.33 Å². The summed E-state index contributed by atoms with van der Waals surface area (Å²) >= 11 is 0. The molecular weight excluding hydrogens is 166 g/mol. The second kappa shape index (κ2) is 3.87. The van der Waals surface area contributed by atoms with Gasteiger partial charge in [-0.25, -0.2) is 0 Å². The number of nitrogens with zero attached hydrogens (tertiary/aromatic N) is 3. The number of aryl methyl sites for hydroxylation is 2. The lowest BCUT2D eigenvalue weighted by Crippen LogP contribution is -2.08. The normalized spacial score (nSPS) is 22.4. The molecule has 2 heterocycles. The van der Waals surface area contributed by atoms with E-state index >= 15 is 0 Å². The van der Waals surface area contributed by atoms with Crippen LogP contribution in [-0.2, 0) is 18.2 Å². The lowest BCUT2D eigenvalue weighted by molar-refractivity contribution is 0.104. The van der Waals surface area contributed by atoms with Gasteiger partial charge in [0.2, 0.25) is 0 Å². The monoisotopic (exact) mass is 181 g/mol. The molecule has 72 valence electrons. The van der Waals surface area contributed by atoms with E-state index in [2.05, 4.69) is 10.2 Å². The van der Waals surface area contributed by atoms with Crippen molar-refractivity contribution < 1.29 is 4.74 Å². The number of hydrogen-bond acceptors (Lipinski definition) is 3. The van der Waals surface area contributed by atoms with Crippen LogP contribution in [0.5, 0.6) is 0 Å². The lowest BCUT2D eigenvalue weighted by Gasteiger charge is -2.07. The van der Waals surface area contributed by atoms with Crippen LogP contribution < -0.4 is 0 Å². The van der Waals surface area contributed by atoms with Crippen molar-refractivity contribution in [2.24, 2.45) is 7.05 Å². The summed E-state index contributed by atoms with van der Waals surface area (Å²) in [6.45, 7) is 0.934. The Morgan fingerprint density at radius 3 is 3.23 bits per heavy atom. The van der Waals surface area contributed by atoms with Crippen molar-refractivity contribution in [3.8, 4) is 0 Å². The molecule has 1 aliphatic heterocycles. The fourth-order valence-electron chi connectivity index (χ4n) is 1.70. The Balaban J connectivity index is 1.82. The van der Waals surface area contributed by atoms with Gasteiger partial charge in [0, 0.05) is 20.1 Å². The van der Waals surface area contributed by atoms with Crippen molar-refractivity contribution >= 4 is 0 Å². The maximum absolute atomic E-state index is 5.53. The van der Waals surface area contributed by atoms with Gasteiger partial charge in [-0.15, -0.1) is 10.2 Å². The van der Waals surface area contributed by atoms with Crippen molar-refractivity contribution in [1.29, 1.82) is 0 Å². The van der Waals surface area contributed by atoms with Crippen LogP contribution in [0.25, 0.3) is 0 Å². The van der Waals surface area contributed by atoms with Gasteiger partial charge in [-0.2, -0.15) is 0 Å². The molecule has 0 bridgehead atoms. The van der Waals surface area contributed by atoms with Gasteiger partial charge in [0.05, 0.1) is 6.10 Å². The van der Waals surface area contributed by atoms with Gasteiger partial charge in [-0.1, -0.05) is 0 Å². The van der Waals surface area contributed by atoms with E-state index in [1.54, 1.807) is 6.33 Å². The van der Waals surface area contributed by atoms with E-state index in [4.69, 9.17) is 4.74 Å². The van der Waals surface area contributed by atoms with Crippen LogP contribution in [0.1, 0.15) is 25.1 Å². The number of aromatic nitrogens is 3. The van der Waals surface area contributed by atoms with E-state index in [9.17, 15) is 0 Å². The highest BCUT2D eigenvalue weighted by molar-refractivity contribution is 4.85. The minimum absolute atomic E-state index is 0.455. The van der Waals surface area contributed by atoms with Gasteiger partial charge >= 0.3 is 0 Å². The van der Waals surface area contributed by atoms with Crippen LogP contribution in [0, 0.1) is 0 Å². The molecule has 4 nitrogen and oxygen atoms in total. The summed E-state index contributed by atoms with van der Waals surface area (Å²) < 4.78 is 7.50. The van der Waals surface area contributed by atoms with E-state index in [-0.39, 0.29) is 0 Å². The molecule has 1 aromatic heterocycles. The molecule has 1 aliphatic rings. The molecule has 1 unspecified atom stereocenters. The topological polar surface area (TPSA) is 39.9 Å². The Bertz CT molecular complexity index is 266. The Hall–Kier alpha value is -0.900. The molecule has 1 aromatic rings. The molecule has 2 rings (SSSR count). The third-order valence-electron chi connectivity index (χ3n) is 2.52. The zero-order chi connectivity index (χ0) is 9.10. The Morgan fingerprint density at radius 2 is 2.62 bits per heavy atom. The highest BCUT2D eigenvalue weighted by atomic mass is 16.5. The second-order valence-corrected chi connectivity index (χ2v) is 3.53. The molecule has 1 fully saturated rings. The first-order chi connectivity index (χ1) is 6.36. The summed E-state index contributed by atoms with van der Waals surface area (Å²) in [4.78, 5) is 0. The van der Waals surface area contributed by atoms with E-state index in [0.717, 1.165) is 25.3 Å². The van der Waals surface area contributed by atoms with Crippen molar-refractivity contribution in [2.45, 2.75) is 31.8 Å². The van der Waals surface area contributed by atoms with Crippen molar-refractivity contribution in [1.82, 2.24) is 14.8 Å². The molecule has 0 saturated carbocycles. The van der Waals surface area contributed by atoms with E-state index in [1.807, 2.05) is 11.6 Å². The van der Waals surface area contributed by atoms with Gasteiger partial charge in [-0.3, -0.25) is 0 Å². The van der Waals surface area contributed by atoms with Crippen molar-refractivity contribution in [2.75, 3.05) is 6.61 Å². The highest BCUT2D eigenvalue weighted by Crippen LogP contribution is 2.16. The van der Waals surface area contributed by atoms with E-state index in [1.165, 1.54) is 12.8 Å². The van der Waals surface area contributed by atoms with Crippen LogP contribution in [0.4, 0.5) is 0 Å². The van der Waals surface area contributed by atoms with Crippen LogP contribution in [0.2, 0.25) is 0 Å². The molecule has 0 spiro atoms. The van der Waals surface area contributed by atoms with Crippen molar-refractivity contribution in [3.05, 3.63) is 12.2 Å². The fourth-order valence-corrected chi connectivity index (χ4v) is 1.70. The number of hydrogen-bond donors (Lipinski definition) is 0. The van der Waals surface area contributed by atoms with Crippen LogP contribution in [0.3, 0.4) is 0 Å². The molecule has 0 N–H and O–H groups in total. The van der Waals surface area contributed by atoms with Gasteiger partial charge in [0.15, 0.2) is 0 Å². The predicted octanol–water partition coefficient (Wildman–Crippen LogP) is 0.927. The second-order valence-electron chi connectivity index (χ2n) is 3.53. The lowest BCUT2D eigenvalue weighted by atomic mass is 10.1. The van der Waals surface area contributed by atoms with Gasteiger partial charge in [0.25, 0.3) is 0 Å². The summed E-state index contributed by atoms with van der Waals surface area (Å²) in [5, 5.41) is 7.87. The standard InChI is InChI=1S/C9H15N3O/c1-12-7-10-11-9(12)5-4-8-3-2-6-13-8/h7-8H,2-6H2,1H3. The Morgan fingerprint density at radius 1 is 1.69 bits per heavy atom. The van der Waals surface area contributed by atoms with Crippen molar-refractivity contribution in [3.63, 3.8) is 0 Å². The third kappa shape index (κ3) is 2.06. The first kappa shape index (κ1) is 8.69. The minimum atomic E-state index is 0.455. The maximum atomic E-state index is 5.53. The quantitative estimate of drug-likeness (QED) is 0.696. The van der Waals surface area contributed by atoms with Gasteiger partial charge in [0.1, 0.15) is 12.2 Å². The summed E-state index contributed by atoms with van der Waals surface area (Å²) in [5.74, 6) is 1.05. The molecule has 0 aliphatic carbocycles. The third-order valence-corrected chi connectivity index (χ3v) is 2.52. The smallest absolute Gasteiger partial charge is 0.132 e. The maximum Gasteiger partial charge on any atom is 0.132 e. The zero-order valence-electron chi connectivity index (χ0n) is 7.94. The summed E-state index contributed by atoms with van der Waals surface area (Å²) in [6, 6.07) is 0. The predicted molar refractivity (Wildman–Crippen MR) is 48.3 cm³/mol. The summed E-state index contributed by atoms with van der Waals surface area (Å²) in [5.41, 5.74) is 0. The summed E-state index contributed by atoms with van der Waals surface area (Å²) in [7, 11) is 1.98. The van der Waals surface area contributed by atoms with Gasteiger partial charge < -0.3 is 9.30 Å². The van der Waals surface area contributed by atoms with Crippen LogP contribution >= 0.6 is 0 Å². The Labute approximate surface area is 77.9 Å². The number of rotatable bonds is 3. The molecule has 0 radical (unpaired) electrons. The first-order valence-corrected chi connectivity index (χ1v) is 4.81. The molecule has 0 amide bonds. The molecular formula is C9H15N3O. The van der Waals surface area contributed by atoms with Crippen LogP contribution in [-0.4, -0.2) is 27.5 Å². The molecule has 0 aromatic carbocycles. The summed E-state index contributed by atoms with van der Waals surface area (Å²) in [6.07, 6.45) is 6.66. The molecule has 1 saturated heterocycles. The Kier molecular flexibility index (Phi) is 2.59. The largest absolute Gasteiger partial charge is 0.378 e. The number of ether oxygens (including phenoxy) is 1.